The molecule has 4 rings (SSSR count). The molecular weight excluding hydrogens is 607 g/mol. The highest BCUT2D eigenvalue weighted by molar-refractivity contribution is 7.99. The third-order valence-electron chi connectivity index (χ3n) is 8.78. The van der Waals surface area contributed by atoms with E-state index in [1.807, 2.05) is 52.6 Å². The Kier molecular flexibility index (Phi) is 21.0. The Labute approximate surface area is 289 Å². The highest BCUT2D eigenvalue weighted by Gasteiger charge is 2.22. The first-order valence-electron chi connectivity index (χ1n) is 17.9. The van der Waals surface area contributed by atoms with Crippen molar-refractivity contribution in [2.45, 2.75) is 133 Å². The quantitative estimate of drug-likeness (QED) is 0.168. The molecule has 0 aliphatic carbocycles. The second-order valence-electron chi connectivity index (χ2n) is 12.6. The number of carbonyl (C=O) groups excluding carboxylic acids is 2. The van der Waals surface area contributed by atoms with Crippen LogP contribution >= 0.6 is 11.8 Å². The fourth-order valence-electron chi connectivity index (χ4n) is 5.59. The smallest absolute Gasteiger partial charge is 0.270 e. The van der Waals surface area contributed by atoms with Gasteiger partial charge in [-0.1, -0.05) is 66.4 Å². The van der Waals surface area contributed by atoms with Crippen molar-refractivity contribution in [2.24, 2.45) is 17.8 Å². The molecule has 2 aliphatic rings. The van der Waals surface area contributed by atoms with Gasteiger partial charge in [0.1, 0.15) is 11.5 Å². The molecule has 2 aromatic rings. The topological polar surface area (TPSA) is 129 Å². The maximum atomic E-state index is 12.6. The Hall–Kier alpha value is -2.88. The number of aromatic nitrogens is 4. The van der Waals surface area contributed by atoms with Crippen LogP contribution in [0.4, 0.5) is 0 Å². The number of allylic oxidation sites excluding steroid dienone is 2. The Morgan fingerprint density at radius 1 is 1.19 bits per heavy atom. The van der Waals surface area contributed by atoms with Crippen LogP contribution in [0.1, 0.15) is 142 Å². The normalized spacial score (nSPS) is 18.9. The minimum atomic E-state index is -0.0878. The summed E-state index contributed by atoms with van der Waals surface area (Å²) < 4.78 is 1.71. The van der Waals surface area contributed by atoms with E-state index in [0.717, 1.165) is 55.9 Å². The van der Waals surface area contributed by atoms with Crippen LogP contribution in [-0.2, 0) is 11.3 Å². The SMILES string of the molecule is CC.CC1CCC(=O)NC1.CCC(C)=C(C(C)=N)C1CCSC1.CCC(C)CCCC(NC(=O)c1ccnn1CC)c1cnc(C)[nH]1. The third-order valence-corrected chi connectivity index (χ3v) is 9.95. The van der Waals surface area contributed by atoms with Gasteiger partial charge in [-0.25, -0.2) is 4.98 Å². The van der Waals surface area contributed by atoms with Crippen molar-refractivity contribution in [1.82, 2.24) is 30.4 Å². The lowest BCUT2D eigenvalue weighted by Crippen LogP contribution is -2.33. The van der Waals surface area contributed by atoms with E-state index in [1.54, 1.807) is 16.9 Å². The van der Waals surface area contributed by atoms with Crippen LogP contribution in [-0.4, -0.2) is 55.3 Å². The summed E-state index contributed by atoms with van der Waals surface area (Å²) in [5.74, 6) is 5.56. The number of aromatic amines is 1. The summed E-state index contributed by atoms with van der Waals surface area (Å²) in [4.78, 5) is 30.7. The predicted octanol–water partition coefficient (Wildman–Crippen LogP) is 8.69. The van der Waals surface area contributed by atoms with E-state index >= 15 is 0 Å². The maximum absolute atomic E-state index is 12.6. The summed E-state index contributed by atoms with van der Waals surface area (Å²) in [6.45, 7) is 22.4. The highest BCUT2D eigenvalue weighted by Crippen LogP contribution is 2.32. The number of amides is 2. The summed E-state index contributed by atoms with van der Waals surface area (Å²) in [5.41, 5.74) is 5.10. The van der Waals surface area contributed by atoms with Crippen molar-refractivity contribution in [3.8, 4) is 0 Å². The largest absolute Gasteiger partial charge is 0.356 e. The zero-order valence-corrected chi connectivity index (χ0v) is 31.9. The molecule has 0 saturated carbocycles. The fraction of sp³-hybridized carbons (Fsp3) is 0.703. The molecule has 2 aromatic heterocycles. The first kappa shape index (κ1) is 42.1. The number of nitrogens with one attached hydrogen (secondary N) is 4. The fourth-order valence-corrected chi connectivity index (χ4v) is 6.83. The van der Waals surface area contributed by atoms with E-state index in [4.69, 9.17) is 5.41 Å². The van der Waals surface area contributed by atoms with Crippen molar-refractivity contribution < 1.29 is 9.59 Å². The van der Waals surface area contributed by atoms with Crippen molar-refractivity contribution >= 4 is 29.3 Å². The molecule has 4 N–H and O–H groups in total. The summed E-state index contributed by atoms with van der Waals surface area (Å²) in [7, 11) is 0. The molecule has 2 saturated heterocycles. The van der Waals surface area contributed by atoms with E-state index in [1.165, 1.54) is 41.9 Å². The van der Waals surface area contributed by atoms with Gasteiger partial charge in [0.2, 0.25) is 5.91 Å². The Balaban J connectivity index is 0.000000399. The van der Waals surface area contributed by atoms with Crippen molar-refractivity contribution in [3.63, 3.8) is 0 Å². The molecule has 47 heavy (non-hydrogen) atoms. The summed E-state index contributed by atoms with van der Waals surface area (Å²) in [6, 6.07) is 1.70. The second-order valence-corrected chi connectivity index (χ2v) is 13.8. The van der Waals surface area contributed by atoms with Crippen LogP contribution in [0, 0.1) is 30.1 Å². The lowest BCUT2D eigenvalue weighted by atomic mass is 9.90. The molecule has 2 fully saturated rings. The molecule has 9 nitrogen and oxygen atoms in total. The molecule has 0 radical (unpaired) electrons. The van der Waals surface area contributed by atoms with Gasteiger partial charge in [0.15, 0.2) is 0 Å². The summed E-state index contributed by atoms with van der Waals surface area (Å²) in [5, 5.41) is 17.9. The molecule has 4 atom stereocenters. The van der Waals surface area contributed by atoms with E-state index in [9.17, 15) is 9.59 Å². The van der Waals surface area contributed by atoms with Gasteiger partial charge in [-0.15, -0.1) is 0 Å². The minimum absolute atomic E-state index is 0.0528. The molecule has 4 unspecified atom stereocenters. The second kappa shape index (κ2) is 23.4. The van der Waals surface area contributed by atoms with Gasteiger partial charge in [0.05, 0.1) is 17.9 Å². The van der Waals surface area contributed by atoms with E-state index in [-0.39, 0.29) is 17.9 Å². The summed E-state index contributed by atoms with van der Waals surface area (Å²) >= 11 is 2.02. The molecule has 266 valence electrons. The van der Waals surface area contributed by atoms with Gasteiger partial charge in [0.25, 0.3) is 5.91 Å². The van der Waals surface area contributed by atoms with Crippen LogP contribution in [0.25, 0.3) is 0 Å². The number of nitrogens with zero attached hydrogens (tertiary/aromatic N) is 3. The van der Waals surface area contributed by atoms with Gasteiger partial charge in [-0.2, -0.15) is 16.9 Å². The van der Waals surface area contributed by atoms with Crippen LogP contribution in [0.2, 0.25) is 0 Å². The Morgan fingerprint density at radius 3 is 2.40 bits per heavy atom. The van der Waals surface area contributed by atoms with Gasteiger partial charge >= 0.3 is 0 Å². The van der Waals surface area contributed by atoms with Crippen molar-refractivity contribution in [2.75, 3.05) is 18.1 Å². The standard InChI is InChI=1S/C18H29N5O.C11H19NS.C6H11NO.C2H6/c1-5-13(3)8-7-9-15(16-12-19-14(4)21-16)22-18(24)17-10-11-20-23(17)6-2;1-4-8(2)11(9(3)12)10-5-6-13-7-10;1-5-2-3-6(8)7-4-5;1-2/h10-13,15H,5-9H2,1-4H3,(H,19,21)(H,22,24);10,12H,4-7H2,1-3H3;5H,2-4H2,1H3,(H,7,8);1-2H3. The average Bonchev–Trinajstić information content (AvgIpc) is 3.86. The molecular formula is C37H65N7O2S. The number of hydrogen-bond donors (Lipinski definition) is 4. The lowest BCUT2D eigenvalue weighted by Gasteiger charge is -2.18. The molecule has 2 aliphatic heterocycles. The number of rotatable bonds is 12. The van der Waals surface area contributed by atoms with Crippen molar-refractivity contribution in [3.05, 3.63) is 46.8 Å². The lowest BCUT2D eigenvalue weighted by molar-refractivity contribution is -0.122. The monoisotopic (exact) mass is 671 g/mol. The molecule has 0 aromatic carbocycles. The number of hydrogen-bond acceptors (Lipinski definition) is 6. The zero-order chi connectivity index (χ0) is 35.4. The van der Waals surface area contributed by atoms with Gasteiger partial charge in [0, 0.05) is 37.2 Å². The third kappa shape index (κ3) is 15.3. The number of aryl methyl sites for hydroxylation is 2. The number of H-pyrrole nitrogens is 1. The van der Waals surface area contributed by atoms with Crippen LogP contribution in [0.3, 0.4) is 0 Å². The van der Waals surface area contributed by atoms with Gasteiger partial charge < -0.3 is 21.0 Å². The van der Waals surface area contributed by atoms with Crippen LogP contribution < -0.4 is 10.6 Å². The maximum Gasteiger partial charge on any atom is 0.270 e. The first-order valence-corrected chi connectivity index (χ1v) is 19.1. The molecule has 0 bridgehead atoms. The molecule has 0 spiro atoms. The molecule has 2 amide bonds. The number of piperidine rings is 1. The van der Waals surface area contributed by atoms with E-state index in [0.29, 0.717) is 30.0 Å². The van der Waals surface area contributed by atoms with Crippen LogP contribution in [0.5, 0.6) is 0 Å². The van der Waals surface area contributed by atoms with Gasteiger partial charge in [-0.05, 0) is 88.5 Å². The number of carbonyl (C=O) groups is 2. The van der Waals surface area contributed by atoms with Gasteiger partial charge in [-0.3, -0.25) is 14.3 Å². The highest BCUT2D eigenvalue weighted by atomic mass is 32.2. The minimum Gasteiger partial charge on any atom is -0.356 e. The summed E-state index contributed by atoms with van der Waals surface area (Å²) in [6.07, 6.45) is 12.0. The molecule has 4 heterocycles. The first-order chi connectivity index (χ1) is 22.5. The zero-order valence-electron chi connectivity index (χ0n) is 31.1. The number of thioether (sulfide) groups is 1. The Bertz CT molecular complexity index is 1220. The van der Waals surface area contributed by atoms with E-state index < -0.39 is 0 Å². The average molecular weight is 672 g/mol. The van der Waals surface area contributed by atoms with E-state index in [2.05, 4.69) is 60.3 Å². The number of imidazole rings is 1. The van der Waals surface area contributed by atoms with Crippen LogP contribution in [0.15, 0.2) is 29.6 Å². The molecule has 10 heteroatoms. The Morgan fingerprint density at radius 2 is 1.91 bits per heavy atom. The van der Waals surface area contributed by atoms with Crippen molar-refractivity contribution in [1.29, 1.82) is 5.41 Å². The predicted molar refractivity (Wildman–Crippen MR) is 199 cm³/mol.